The molecule has 63 heavy (non-hydrogen) atoms. The van der Waals surface area contributed by atoms with Crippen molar-refractivity contribution in [2.24, 2.45) is 0 Å². The molecule has 1 rings (SSSR count). The van der Waals surface area contributed by atoms with Crippen molar-refractivity contribution in [2.45, 2.75) is 79.8 Å². The number of amides is 2. The van der Waals surface area contributed by atoms with E-state index in [-0.39, 0.29) is 107 Å². The summed E-state index contributed by atoms with van der Waals surface area (Å²) >= 11 is 0. The number of anilines is 3. The zero-order valence-corrected chi connectivity index (χ0v) is 38.1. The average molecular weight is 893 g/mol. The van der Waals surface area contributed by atoms with E-state index >= 15 is 0 Å². The van der Waals surface area contributed by atoms with Gasteiger partial charge in [0.2, 0.25) is 29.7 Å². The molecule has 0 fully saturated rings. The fourth-order valence-electron chi connectivity index (χ4n) is 4.36. The van der Waals surface area contributed by atoms with Crippen LogP contribution in [0.2, 0.25) is 0 Å². The van der Waals surface area contributed by atoms with Crippen LogP contribution in [0.3, 0.4) is 0 Å². The summed E-state index contributed by atoms with van der Waals surface area (Å²) in [5.74, 6) is -3.75. The second kappa shape index (κ2) is 28.6. The van der Waals surface area contributed by atoms with Crippen LogP contribution in [0.25, 0.3) is 0 Å². The van der Waals surface area contributed by atoms with Crippen LogP contribution in [0, 0.1) is 0 Å². The first kappa shape index (κ1) is 55.0. The molecule has 1 aromatic heterocycles. The van der Waals surface area contributed by atoms with Gasteiger partial charge in [-0.15, -0.1) is 0 Å². The molecule has 0 bridgehead atoms. The number of aromatic nitrogens is 3. The van der Waals surface area contributed by atoms with E-state index in [1.165, 1.54) is 56.5 Å². The molecule has 0 aliphatic heterocycles. The monoisotopic (exact) mass is 892 g/mol. The Labute approximate surface area is 368 Å². The number of ether oxygens (including phenoxy) is 8. The molecule has 2 amide bonds. The SMILES string of the molecule is C=C(C)C(=O)OC(C)COCN(COCC(C)OC(=O)C(=C)C)c1nc(N(COCC(C)OC(=O)C(=C)C)CC(=O)NC)nc(N(COCC(C)OC(=O)C(=C)C)CC(=O)NC)n1. The molecule has 0 saturated carbocycles. The van der Waals surface area contributed by atoms with Gasteiger partial charge in [0.25, 0.3) is 0 Å². The molecule has 0 radical (unpaired) electrons. The minimum absolute atomic E-state index is 0.0948. The molecule has 0 saturated heterocycles. The quantitative estimate of drug-likeness (QED) is 0.0466. The molecule has 0 aromatic carbocycles. The van der Waals surface area contributed by atoms with Crippen molar-refractivity contribution in [1.29, 1.82) is 0 Å². The van der Waals surface area contributed by atoms with Crippen LogP contribution in [-0.2, 0) is 66.7 Å². The number of carbonyl (C=O) groups is 6. The van der Waals surface area contributed by atoms with Gasteiger partial charge in [-0.2, -0.15) is 15.0 Å². The van der Waals surface area contributed by atoms with Gasteiger partial charge in [0.1, 0.15) is 64.4 Å². The van der Waals surface area contributed by atoms with Crippen molar-refractivity contribution < 1.29 is 66.7 Å². The van der Waals surface area contributed by atoms with E-state index in [2.05, 4.69) is 51.9 Å². The number of esters is 4. The van der Waals surface area contributed by atoms with Crippen molar-refractivity contribution in [3.63, 3.8) is 0 Å². The Hall–Kier alpha value is -5.97. The standard InChI is InChI=1S/C41H64N8O14/c1-25(2)35(52)60-29(9)17-56-21-47(15-33(50)42-13)39-44-40(48(16-34(51)43-14)22-57-18-30(10)61-36(53)26(3)4)46-41(45-39)49(23-58-19-31(11)62-37(54)27(5)6)24-59-20-32(12)63-38(55)28(7)8/h29-32H,1,3,5,7,15-24H2,2,4,6,8-14H3,(H,42,50)(H,43,51). The number of nitrogens with zero attached hydrogens (tertiary/aromatic N) is 6. The molecular weight excluding hydrogens is 828 g/mol. The second-order valence-corrected chi connectivity index (χ2v) is 14.5. The Kier molecular flexibility index (Phi) is 25.0. The lowest BCUT2D eigenvalue weighted by atomic mass is 10.3. The second-order valence-electron chi connectivity index (χ2n) is 14.5. The lowest BCUT2D eigenvalue weighted by molar-refractivity contribution is -0.147. The summed E-state index contributed by atoms with van der Waals surface area (Å²) in [6.45, 7) is 24.5. The van der Waals surface area contributed by atoms with E-state index in [4.69, 9.17) is 37.9 Å². The predicted octanol–water partition coefficient (Wildman–Crippen LogP) is 1.71. The van der Waals surface area contributed by atoms with Crippen molar-refractivity contribution in [3.8, 4) is 0 Å². The Morgan fingerprint density at radius 1 is 0.460 bits per heavy atom. The maximum Gasteiger partial charge on any atom is 0.333 e. The maximum atomic E-state index is 12.9. The fourth-order valence-corrected chi connectivity index (χ4v) is 4.36. The van der Waals surface area contributed by atoms with Gasteiger partial charge < -0.3 is 58.3 Å². The van der Waals surface area contributed by atoms with Crippen LogP contribution in [0.5, 0.6) is 0 Å². The number of hydrogen-bond donors (Lipinski definition) is 2. The fraction of sp³-hybridized carbons (Fsp3) is 0.585. The minimum atomic E-state index is -0.711. The van der Waals surface area contributed by atoms with Gasteiger partial charge in [0, 0.05) is 36.4 Å². The molecule has 1 aromatic rings. The first-order valence-electron chi connectivity index (χ1n) is 19.8. The molecule has 0 aliphatic rings. The highest BCUT2D eigenvalue weighted by Crippen LogP contribution is 2.21. The summed E-state index contributed by atoms with van der Waals surface area (Å²) in [5, 5.41) is 5.09. The first-order valence-corrected chi connectivity index (χ1v) is 19.8. The lowest BCUT2D eigenvalue weighted by Crippen LogP contribution is -2.42. The molecule has 352 valence electrons. The molecule has 22 nitrogen and oxygen atoms in total. The molecule has 1 heterocycles. The number of nitrogens with one attached hydrogen (secondary N) is 2. The summed E-state index contributed by atoms with van der Waals surface area (Å²) in [7, 11) is 2.86. The van der Waals surface area contributed by atoms with Crippen molar-refractivity contribution in [1.82, 2.24) is 25.6 Å². The third-order valence-electron chi connectivity index (χ3n) is 7.70. The topological polar surface area (TPSA) is 249 Å². The van der Waals surface area contributed by atoms with E-state index in [0.29, 0.717) is 0 Å². The average Bonchev–Trinajstić information content (AvgIpc) is 3.21. The maximum absolute atomic E-state index is 12.9. The summed E-state index contributed by atoms with van der Waals surface area (Å²) in [6.07, 6.45) is -2.84. The van der Waals surface area contributed by atoms with Crippen LogP contribution >= 0.6 is 0 Å². The zero-order valence-electron chi connectivity index (χ0n) is 38.1. The Balaban J connectivity index is 3.85. The van der Waals surface area contributed by atoms with Crippen LogP contribution in [0.4, 0.5) is 17.8 Å². The number of hydrogen-bond acceptors (Lipinski definition) is 20. The van der Waals surface area contributed by atoms with Gasteiger partial charge in [-0.05, 0) is 55.4 Å². The normalized spacial score (nSPS) is 12.6. The summed E-state index contributed by atoms with van der Waals surface area (Å²) in [6, 6.07) is 0. The smallest absolute Gasteiger partial charge is 0.333 e. The van der Waals surface area contributed by atoms with Crippen molar-refractivity contribution in [3.05, 3.63) is 48.6 Å². The van der Waals surface area contributed by atoms with E-state index in [1.54, 1.807) is 27.7 Å². The molecular formula is C41H64N8O14. The molecule has 0 aliphatic carbocycles. The van der Waals surface area contributed by atoms with Crippen LogP contribution in [-0.4, -0.2) is 156 Å². The molecule has 22 heteroatoms. The van der Waals surface area contributed by atoms with E-state index < -0.39 is 60.1 Å². The van der Waals surface area contributed by atoms with Crippen molar-refractivity contribution >= 4 is 53.5 Å². The highest BCUT2D eigenvalue weighted by atomic mass is 16.6. The van der Waals surface area contributed by atoms with Gasteiger partial charge in [0.15, 0.2) is 0 Å². The molecule has 4 atom stereocenters. The molecule has 2 N–H and O–H groups in total. The summed E-state index contributed by atoms with van der Waals surface area (Å²) in [4.78, 5) is 92.4. The number of likely N-dealkylation sites (N-methyl/N-ethyl adjacent to an activating group) is 2. The largest absolute Gasteiger partial charge is 0.457 e. The molecule has 0 spiro atoms. The van der Waals surface area contributed by atoms with Gasteiger partial charge in [-0.25, -0.2) is 19.2 Å². The Bertz CT molecular complexity index is 1660. The third kappa shape index (κ3) is 22.1. The number of rotatable bonds is 31. The van der Waals surface area contributed by atoms with Crippen LogP contribution in [0.15, 0.2) is 48.6 Å². The number of carbonyl (C=O) groups excluding carboxylic acids is 6. The zero-order chi connectivity index (χ0) is 47.8. The van der Waals surface area contributed by atoms with Crippen molar-refractivity contribution in [2.75, 3.05) is 95.2 Å². The minimum Gasteiger partial charge on any atom is -0.457 e. The van der Waals surface area contributed by atoms with Crippen LogP contribution in [0.1, 0.15) is 55.4 Å². The lowest BCUT2D eigenvalue weighted by Gasteiger charge is -2.29. The highest BCUT2D eigenvalue weighted by molar-refractivity contribution is 5.88. The highest BCUT2D eigenvalue weighted by Gasteiger charge is 2.25. The Morgan fingerprint density at radius 3 is 0.905 bits per heavy atom. The summed E-state index contributed by atoms with van der Waals surface area (Å²) < 4.78 is 44.9. The van der Waals surface area contributed by atoms with E-state index in [1.807, 2.05) is 0 Å². The van der Waals surface area contributed by atoms with E-state index in [9.17, 15) is 28.8 Å². The van der Waals surface area contributed by atoms with Gasteiger partial charge in [-0.1, -0.05) is 26.3 Å². The summed E-state index contributed by atoms with van der Waals surface area (Å²) in [5.41, 5.74) is 0.791. The Morgan fingerprint density at radius 2 is 0.683 bits per heavy atom. The van der Waals surface area contributed by atoms with Gasteiger partial charge in [-0.3, -0.25) is 14.5 Å². The van der Waals surface area contributed by atoms with Gasteiger partial charge >= 0.3 is 23.9 Å². The predicted molar refractivity (Wildman–Crippen MR) is 230 cm³/mol. The molecule has 4 unspecified atom stereocenters. The van der Waals surface area contributed by atoms with E-state index in [0.717, 1.165) is 0 Å². The third-order valence-corrected chi connectivity index (χ3v) is 7.70. The van der Waals surface area contributed by atoms with Gasteiger partial charge in [0.05, 0.1) is 26.4 Å². The van der Waals surface area contributed by atoms with Crippen LogP contribution < -0.4 is 25.3 Å². The first-order chi connectivity index (χ1) is 29.6.